The van der Waals surface area contributed by atoms with Gasteiger partial charge >= 0.3 is 18.2 Å². The van der Waals surface area contributed by atoms with Crippen LogP contribution in [0.4, 0.5) is 14.4 Å². The predicted molar refractivity (Wildman–Crippen MR) is 295 cm³/mol. The summed E-state index contributed by atoms with van der Waals surface area (Å²) in [6.07, 6.45) is 7.19. The number of urea groups is 1. The molecule has 2 heterocycles. The fourth-order valence-corrected chi connectivity index (χ4v) is 11.0. The van der Waals surface area contributed by atoms with E-state index in [1.807, 2.05) is 48.2 Å². The zero-order valence-electron chi connectivity index (χ0n) is 45.0. The van der Waals surface area contributed by atoms with Gasteiger partial charge in [-0.2, -0.15) is 11.8 Å². The number of rotatable bonds is 41. The number of alkyl carbamates (subject to hydrolysis) is 1. The van der Waals surface area contributed by atoms with Crippen LogP contribution in [0.15, 0.2) is 48.5 Å². The number of benzene rings is 2. The maximum absolute atomic E-state index is 13.3. The van der Waals surface area contributed by atoms with Crippen molar-refractivity contribution in [1.29, 1.82) is 0 Å². The summed E-state index contributed by atoms with van der Waals surface area (Å²) in [6.45, 7) is 4.45. The van der Waals surface area contributed by atoms with Crippen LogP contribution in [-0.2, 0) is 42.9 Å². The molecule has 0 spiro atoms. The molecule has 2 aromatic rings. The molecule has 5 rings (SSSR count). The van der Waals surface area contributed by atoms with Crippen LogP contribution in [0, 0.1) is 0 Å². The van der Waals surface area contributed by atoms with Gasteiger partial charge in [-0.3, -0.25) is 24.0 Å². The Bertz CT molecular complexity index is 2160. The summed E-state index contributed by atoms with van der Waals surface area (Å²) in [4.78, 5) is 98.3. The zero-order valence-corrected chi connectivity index (χ0v) is 45.8. The van der Waals surface area contributed by atoms with Gasteiger partial charge in [0.1, 0.15) is 12.6 Å². The first-order valence-corrected chi connectivity index (χ1v) is 28.9. The van der Waals surface area contributed by atoms with Gasteiger partial charge in [0.2, 0.25) is 29.5 Å². The van der Waals surface area contributed by atoms with Gasteiger partial charge in [-0.05, 0) is 80.0 Å². The van der Waals surface area contributed by atoms with Crippen LogP contribution in [0.5, 0.6) is 0 Å². The molecule has 3 aliphatic rings. The number of hydrogen-bond donors (Lipinski definition) is 10. The minimum Gasteiger partial charge on any atom is -0.465 e. The lowest BCUT2D eigenvalue weighted by Gasteiger charge is -2.19. The van der Waals surface area contributed by atoms with E-state index >= 15 is 0 Å². The number of unbranched alkanes of at least 4 members (excludes halogenated alkanes) is 5. The summed E-state index contributed by atoms with van der Waals surface area (Å²) >= 11 is 1.88. The van der Waals surface area contributed by atoms with Gasteiger partial charge in [-0.25, -0.2) is 14.4 Å². The highest BCUT2D eigenvalue weighted by Gasteiger charge is 2.42. The van der Waals surface area contributed by atoms with Crippen LogP contribution < -0.4 is 47.9 Å². The fourth-order valence-electron chi connectivity index (χ4n) is 9.42. The van der Waals surface area contributed by atoms with Crippen LogP contribution in [0.3, 0.4) is 0 Å². The van der Waals surface area contributed by atoms with E-state index in [4.69, 9.17) is 24.1 Å². The maximum atomic E-state index is 13.3. The molecule has 0 unspecified atom stereocenters. The van der Waals surface area contributed by atoms with Crippen LogP contribution in [0.2, 0.25) is 0 Å². The van der Waals surface area contributed by atoms with Crippen molar-refractivity contribution in [3.8, 4) is 11.1 Å². The number of carbonyl (C=O) groups excluding carboxylic acids is 7. The van der Waals surface area contributed by atoms with Gasteiger partial charge in [0.15, 0.2) is 0 Å². The third-order valence-corrected chi connectivity index (χ3v) is 15.0. The molecule has 2 aromatic carbocycles. The average molecular weight is 1110 g/mol. The molecule has 22 nitrogen and oxygen atoms in total. The third kappa shape index (κ3) is 24.2. The van der Waals surface area contributed by atoms with Crippen molar-refractivity contribution in [3.05, 3.63) is 59.7 Å². The highest BCUT2D eigenvalue weighted by molar-refractivity contribution is 8.00. The van der Waals surface area contributed by atoms with Crippen LogP contribution in [0.1, 0.15) is 120 Å². The molecular formula is C55H83N9O13S. The summed E-state index contributed by atoms with van der Waals surface area (Å²) in [5.74, 6) is -0.308. The summed E-state index contributed by atoms with van der Waals surface area (Å²) < 4.78 is 22.4. The largest absolute Gasteiger partial charge is 0.465 e. The number of hydrogen-bond acceptors (Lipinski definition) is 13. The Hall–Kier alpha value is -6.17. The second-order valence-corrected chi connectivity index (χ2v) is 20.8. The van der Waals surface area contributed by atoms with Gasteiger partial charge in [0, 0.05) is 95.1 Å². The number of fused-ring (bicyclic) bond motifs is 4. The van der Waals surface area contributed by atoms with Crippen molar-refractivity contribution in [1.82, 2.24) is 47.9 Å². The molecule has 432 valence electrons. The molecule has 0 saturated carbocycles. The van der Waals surface area contributed by atoms with Crippen molar-refractivity contribution in [2.45, 2.75) is 132 Å². The average Bonchev–Trinajstić information content (AvgIpc) is 4.22. The van der Waals surface area contributed by atoms with E-state index < -0.39 is 24.1 Å². The highest BCUT2D eigenvalue weighted by atomic mass is 32.2. The number of thioether (sulfide) groups is 1. The molecule has 4 atom stereocenters. The first-order chi connectivity index (χ1) is 38.0. The quantitative estimate of drug-likeness (QED) is 0.0330. The number of carbonyl (C=O) groups is 8. The molecule has 0 radical (unpaired) electrons. The molecule has 9 amide bonds. The maximum Gasteiger partial charge on any atom is 0.407 e. The fraction of sp³-hybridized carbons (Fsp3) is 0.636. The lowest BCUT2D eigenvalue weighted by atomic mass is 9.98. The van der Waals surface area contributed by atoms with E-state index in [-0.39, 0.29) is 93.2 Å². The second-order valence-electron chi connectivity index (χ2n) is 19.5. The highest BCUT2D eigenvalue weighted by Crippen LogP contribution is 2.44. The summed E-state index contributed by atoms with van der Waals surface area (Å²) in [7, 11) is 0. The Kier molecular flexibility index (Phi) is 29.6. The molecule has 2 saturated heterocycles. The zero-order chi connectivity index (χ0) is 55.6. The molecule has 78 heavy (non-hydrogen) atoms. The molecule has 0 aromatic heterocycles. The van der Waals surface area contributed by atoms with Crippen molar-refractivity contribution < 1.29 is 62.4 Å². The Morgan fingerprint density at radius 1 is 0.564 bits per heavy atom. The van der Waals surface area contributed by atoms with E-state index in [1.54, 1.807) is 0 Å². The van der Waals surface area contributed by atoms with Crippen LogP contribution in [-0.4, -0.2) is 168 Å². The van der Waals surface area contributed by atoms with E-state index in [9.17, 15) is 38.4 Å². The summed E-state index contributed by atoms with van der Waals surface area (Å²) in [5.41, 5.74) is 4.46. The normalized spacial score (nSPS) is 16.4. The molecular weight excluding hydrogens is 1030 g/mol. The van der Waals surface area contributed by atoms with Crippen molar-refractivity contribution >= 4 is 59.5 Å². The third-order valence-electron chi connectivity index (χ3n) is 13.5. The first kappa shape index (κ1) is 62.7. The van der Waals surface area contributed by atoms with Crippen LogP contribution >= 0.6 is 11.8 Å². The van der Waals surface area contributed by atoms with Crippen molar-refractivity contribution in [2.24, 2.45) is 0 Å². The van der Waals surface area contributed by atoms with Crippen molar-refractivity contribution in [3.63, 3.8) is 0 Å². The lowest BCUT2D eigenvalue weighted by Crippen LogP contribution is -2.47. The van der Waals surface area contributed by atoms with E-state index in [1.165, 1.54) is 0 Å². The van der Waals surface area contributed by atoms with E-state index in [2.05, 4.69) is 60.0 Å². The number of ether oxygens (including phenoxy) is 4. The lowest BCUT2D eigenvalue weighted by molar-refractivity contribution is -0.130. The Balaban J connectivity index is 0.886. The topological polar surface area (TPSA) is 302 Å². The molecule has 2 aliphatic heterocycles. The standard InChI is InChI=1S/C55H83N9O13S/c65-47(20-3-1-12-26-60-54(71)72)56-25-11-2-4-22-50(68)62-44(23-24-49(67)58-29-30-61-55(73)77-37-43-41-17-7-5-15-39(41)40-16-6-8-18-42(40)43)52(69)59-28-14-32-75-34-36-76-35-33-74-31-13-27-57-48(66)21-10-9-19-46-51-45(38-78-46)63-53(70)64-51/h5-8,15-18,43-46,51,60H,1-4,9-14,19-38H2,(H,56,65)(H,57,66)(H,58,67)(H,59,69)(H,61,73)(H,62,68)(H,71,72)(H2,63,64,70)/t44-,45-,46-,51-/m0/s1. The number of amides is 9. The van der Waals surface area contributed by atoms with Gasteiger partial charge in [0.05, 0.1) is 38.5 Å². The molecule has 0 bridgehead atoms. The van der Waals surface area contributed by atoms with Gasteiger partial charge in [-0.15, -0.1) is 0 Å². The van der Waals surface area contributed by atoms with E-state index in [0.29, 0.717) is 122 Å². The minimum absolute atomic E-state index is 0.0354. The molecule has 1 aliphatic carbocycles. The van der Waals surface area contributed by atoms with Gasteiger partial charge < -0.3 is 71.9 Å². The predicted octanol–water partition coefficient (Wildman–Crippen LogP) is 4.20. The van der Waals surface area contributed by atoms with Gasteiger partial charge in [0.25, 0.3) is 0 Å². The summed E-state index contributed by atoms with van der Waals surface area (Å²) in [6, 6.07) is 15.5. The van der Waals surface area contributed by atoms with Crippen molar-refractivity contribution in [2.75, 3.05) is 91.3 Å². The molecule has 23 heteroatoms. The SMILES string of the molecule is O=C(O)NCCCCCC(=O)NCCCCCC(=O)N[C@@H](CCC(=O)NCCNC(=O)OCC1c2ccccc2-c2ccccc21)C(=O)NCCCOCCOCCOCCCNC(=O)CCCC[C@@H]1SC[C@@H]2NC(=O)N[C@@H]21. The first-order valence-electron chi connectivity index (χ1n) is 27.8. The Labute approximate surface area is 462 Å². The summed E-state index contributed by atoms with van der Waals surface area (Å²) in [5, 5.41) is 34.1. The molecule has 2 fully saturated rings. The number of nitrogens with one attached hydrogen (secondary N) is 9. The Morgan fingerprint density at radius 2 is 1.09 bits per heavy atom. The molecule has 10 N–H and O–H groups in total. The monoisotopic (exact) mass is 1110 g/mol. The Morgan fingerprint density at radius 3 is 1.73 bits per heavy atom. The van der Waals surface area contributed by atoms with E-state index in [0.717, 1.165) is 53.7 Å². The second kappa shape index (κ2) is 36.8. The number of carboxylic acid groups (broad SMARTS) is 1. The minimum atomic E-state index is -1.06. The van der Waals surface area contributed by atoms with Crippen LogP contribution in [0.25, 0.3) is 11.1 Å². The smallest absolute Gasteiger partial charge is 0.407 e. The van der Waals surface area contributed by atoms with Gasteiger partial charge in [-0.1, -0.05) is 67.8 Å².